The summed E-state index contributed by atoms with van der Waals surface area (Å²) < 4.78 is 0. The van der Waals surface area contributed by atoms with Gasteiger partial charge in [-0.15, -0.1) is 0 Å². The molecule has 6 rings (SSSR count). The number of benzene rings is 4. The van der Waals surface area contributed by atoms with Crippen molar-refractivity contribution in [1.82, 2.24) is 0 Å². The van der Waals surface area contributed by atoms with E-state index < -0.39 is 12.1 Å². The molecule has 0 spiro atoms. The molecule has 0 fully saturated rings. The summed E-state index contributed by atoms with van der Waals surface area (Å²) in [4.78, 5) is 22.5. The Labute approximate surface area is 230 Å². The van der Waals surface area contributed by atoms with Gasteiger partial charge in [0.25, 0.3) is 0 Å². The highest BCUT2D eigenvalue weighted by atomic mass is 32.2. The average molecular weight is 541 g/mol. The van der Waals surface area contributed by atoms with Gasteiger partial charge in [-0.1, -0.05) is 23.5 Å². The van der Waals surface area contributed by atoms with Gasteiger partial charge in [-0.05, 0) is 86.6 Å². The summed E-state index contributed by atoms with van der Waals surface area (Å²) >= 11 is 3.23. The van der Waals surface area contributed by atoms with Crippen LogP contribution < -0.4 is 32.7 Å². The molecule has 0 saturated carbocycles. The fraction of sp³-hybridized carbons (Fsp3) is 0.138. The van der Waals surface area contributed by atoms with Crippen LogP contribution in [0.3, 0.4) is 0 Å². The van der Waals surface area contributed by atoms with Gasteiger partial charge in [0.1, 0.15) is 0 Å². The number of fused-ring (bicyclic) bond motifs is 4. The highest BCUT2D eigenvalue weighted by Gasteiger charge is 2.37. The summed E-state index contributed by atoms with van der Waals surface area (Å²) in [5.41, 5.74) is 31.0. The number of carbonyl (C=O) groups excluding carboxylic acids is 1. The van der Waals surface area contributed by atoms with Gasteiger partial charge in [0, 0.05) is 42.3 Å². The molecule has 8 N–H and O–H groups in total. The molecule has 2 heterocycles. The van der Waals surface area contributed by atoms with Crippen LogP contribution in [0, 0.1) is 0 Å². The van der Waals surface area contributed by atoms with Gasteiger partial charge in [-0.3, -0.25) is 4.79 Å². The lowest BCUT2D eigenvalue weighted by atomic mass is 10.0. The van der Waals surface area contributed by atoms with Crippen LogP contribution in [0.25, 0.3) is 0 Å². The molecule has 9 heteroatoms. The molecule has 2 unspecified atom stereocenters. The SMILES string of the molecule is CC(C(=O)C(C)N1c2ccc(N)cc2Sc2cc(N)ccc21)N1c2ccc(N)cc2Sc2cc(N)ccc21. The molecule has 2 atom stereocenters. The Balaban J connectivity index is 1.43. The first-order valence-electron chi connectivity index (χ1n) is 12.3. The zero-order chi connectivity index (χ0) is 26.7. The number of rotatable bonds is 4. The van der Waals surface area contributed by atoms with Crippen molar-refractivity contribution in [3.63, 3.8) is 0 Å². The van der Waals surface area contributed by atoms with Crippen LogP contribution in [0.5, 0.6) is 0 Å². The van der Waals surface area contributed by atoms with Crippen LogP contribution in [0.4, 0.5) is 45.5 Å². The van der Waals surface area contributed by atoms with Crippen molar-refractivity contribution in [2.24, 2.45) is 0 Å². The first kappa shape index (κ1) is 24.4. The van der Waals surface area contributed by atoms with Gasteiger partial charge in [0.15, 0.2) is 5.78 Å². The summed E-state index contributed by atoms with van der Waals surface area (Å²) in [6.45, 7) is 3.92. The number of Topliss-reactive ketones (excluding diaryl/α,β-unsaturated/α-hetero) is 1. The second kappa shape index (κ2) is 9.11. The standard InChI is InChI=1S/C29H28N6OS2/c1-15(34-21-7-3-17(30)11-25(21)37-26-12-18(31)4-8-22(26)34)29(36)16(2)35-23-9-5-19(32)13-27(23)38-28-14-20(33)6-10-24(28)35/h3-16H,30-33H2,1-2H3. The number of hydrogen-bond donors (Lipinski definition) is 4. The third kappa shape index (κ3) is 3.99. The zero-order valence-electron chi connectivity index (χ0n) is 21.0. The molecule has 0 aromatic heterocycles. The molecule has 192 valence electrons. The third-order valence-corrected chi connectivity index (χ3v) is 9.20. The van der Waals surface area contributed by atoms with Crippen molar-refractivity contribution in [2.75, 3.05) is 32.7 Å². The third-order valence-electron chi connectivity index (χ3n) is 7.01. The monoisotopic (exact) mass is 540 g/mol. The minimum atomic E-state index is -0.473. The van der Waals surface area contributed by atoms with E-state index in [1.807, 2.05) is 86.6 Å². The van der Waals surface area contributed by atoms with Gasteiger partial charge in [-0.2, -0.15) is 0 Å². The molecule has 4 aromatic rings. The molecule has 4 aromatic carbocycles. The fourth-order valence-electron chi connectivity index (χ4n) is 5.18. The van der Waals surface area contributed by atoms with Crippen LogP contribution in [-0.4, -0.2) is 17.9 Å². The molecular formula is C29H28N6OS2. The molecule has 0 saturated heterocycles. The normalized spacial score (nSPS) is 15.1. The van der Waals surface area contributed by atoms with Crippen molar-refractivity contribution in [1.29, 1.82) is 0 Å². The maximum absolute atomic E-state index is 14.4. The largest absolute Gasteiger partial charge is 0.399 e. The minimum Gasteiger partial charge on any atom is -0.399 e. The van der Waals surface area contributed by atoms with Crippen LogP contribution >= 0.6 is 23.5 Å². The van der Waals surface area contributed by atoms with Crippen molar-refractivity contribution in [2.45, 2.75) is 45.5 Å². The summed E-state index contributed by atoms with van der Waals surface area (Å²) in [6.07, 6.45) is 0. The summed E-state index contributed by atoms with van der Waals surface area (Å²) in [5, 5.41) is 0. The Morgan fingerprint density at radius 2 is 0.816 bits per heavy atom. The van der Waals surface area contributed by atoms with E-state index >= 15 is 0 Å². The Morgan fingerprint density at radius 3 is 1.08 bits per heavy atom. The minimum absolute atomic E-state index is 0.0694. The molecule has 7 nitrogen and oxygen atoms in total. The van der Waals surface area contributed by atoms with Crippen LogP contribution in [0.15, 0.2) is 92.4 Å². The summed E-state index contributed by atoms with van der Waals surface area (Å²) in [7, 11) is 0. The number of anilines is 8. The lowest BCUT2D eigenvalue weighted by molar-refractivity contribution is -0.120. The molecule has 2 aliphatic heterocycles. The van der Waals surface area contributed by atoms with Crippen molar-refractivity contribution < 1.29 is 4.79 Å². The van der Waals surface area contributed by atoms with Crippen molar-refractivity contribution >= 4 is 74.8 Å². The first-order valence-corrected chi connectivity index (χ1v) is 13.9. The molecule has 0 radical (unpaired) electrons. The van der Waals surface area contributed by atoms with Gasteiger partial charge in [0.05, 0.1) is 34.8 Å². The maximum Gasteiger partial charge on any atom is 0.177 e. The Hall–Kier alpha value is -3.95. The molecular weight excluding hydrogens is 512 g/mol. The fourth-order valence-corrected chi connectivity index (χ4v) is 7.52. The number of ketones is 1. The van der Waals surface area contributed by atoms with Gasteiger partial charge in [0.2, 0.25) is 0 Å². The lowest BCUT2D eigenvalue weighted by Crippen LogP contribution is -2.47. The van der Waals surface area contributed by atoms with E-state index in [-0.39, 0.29) is 5.78 Å². The van der Waals surface area contributed by atoms with E-state index in [0.29, 0.717) is 22.7 Å². The van der Waals surface area contributed by atoms with Crippen molar-refractivity contribution in [3.8, 4) is 0 Å². The maximum atomic E-state index is 14.4. The van der Waals surface area contributed by atoms with E-state index in [1.165, 1.54) is 0 Å². The Kier molecular flexibility index (Phi) is 5.85. The molecule has 2 aliphatic rings. The van der Waals surface area contributed by atoms with E-state index in [4.69, 9.17) is 22.9 Å². The number of nitrogens with zero attached hydrogens (tertiary/aromatic N) is 2. The molecule has 0 amide bonds. The number of nitrogen functional groups attached to an aromatic ring is 4. The van der Waals surface area contributed by atoms with E-state index in [2.05, 4.69) is 9.80 Å². The average Bonchev–Trinajstić information content (AvgIpc) is 2.88. The van der Waals surface area contributed by atoms with Crippen LogP contribution in [0.2, 0.25) is 0 Å². The summed E-state index contributed by atoms with van der Waals surface area (Å²) in [6, 6.07) is 22.3. The topological polar surface area (TPSA) is 128 Å². The second-order valence-corrected chi connectivity index (χ2v) is 11.8. The highest BCUT2D eigenvalue weighted by molar-refractivity contribution is 8.00. The van der Waals surface area contributed by atoms with E-state index in [9.17, 15) is 4.79 Å². The quantitative estimate of drug-likeness (QED) is 0.221. The first-order chi connectivity index (χ1) is 18.2. The summed E-state index contributed by atoms with van der Waals surface area (Å²) in [5.74, 6) is 0.0694. The predicted octanol–water partition coefficient (Wildman–Crippen LogP) is 6.27. The lowest BCUT2D eigenvalue weighted by Gasteiger charge is -2.41. The van der Waals surface area contributed by atoms with Gasteiger partial charge < -0.3 is 32.7 Å². The van der Waals surface area contributed by atoms with E-state index in [1.54, 1.807) is 23.5 Å². The smallest absolute Gasteiger partial charge is 0.177 e. The van der Waals surface area contributed by atoms with Gasteiger partial charge in [-0.25, -0.2) is 0 Å². The number of hydrogen-bond acceptors (Lipinski definition) is 9. The predicted molar refractivity (Wildman–Crippen MR) is 160 cm³/mol. The zero-order valence-corrected chi connectivity index (χ0v) is 22.6. The molecule has 0 bridgehead atoms. The number of carbonyl (C=O) groups is 1. The van der Waals surface area contributed by atoms with E-state index in [0.717, 1.165) is 42.3 Å². The number of nitrogens with two attached hydrogens (primary N) is 4. The van der Waals surface area contributed by atoms with Crippen LogP contribution in [-0.2, 0) is 4.79 Å². The highest BCUT2D eigenvalue weighted by Crippen LogP contribution is 2.52. The molecule has 0 aliphatic carbocycles. The second-order valence-electron chi connectivity index (χ2n) is 9.61. The Bertz CT molecular complexity index is 1390. The van der Waals surface area contributed by atoms with Crippen molar-refractivity contribution in [3.05, 3.63) is 72.8 Å². The van der Waals surface area contributed by atoms with Crippen LogP contribution in [0.1, 0.15) is 13.8 Å². The molecule has 38 heavy (non-hydrogen) atoms. The van der Waals surface area contributed by atoms with Gasteiger partial charge >= 0.3 is 0 Å². The Morgan fingerprint density at radius 1 is 0.553 bits per heavy atom.